The molecule has 0 aliphatic heterocycles. The molecule has 6 nitrogen and oxygen atoms in total. The average Bonchev–Trinajstić information content (AvgIpc) is 2.32. The lowest BCUT2D eigenvalue weighted by atomic mass is 10.3. The van der Waals surface area contributed by atoms with Gasteiger partial charge in [0.2, 0.25) is 0 Å². The monoisotopic (exact) mass is 349 g/mol. The molecule has 0 atom stereocenters. The molecule has 0 heterocycles. The maximum Gasteiger partial charge on any atom is 0.328 e. The van der Waals surface area contributed by atoms with Crippen molar-refractivity contribution in [3.05, 3.63) is 22.7 Å². The van der Waals surface area contributed by atoms with Crippen LogP contribution in [-0.2, 0) is 10.0 Å². The number of halogens is 1. The van der Waals surface area contributed by atoms with Crippen molar-refractivity contribution in [2.24, 2.45) is 0 Å². The molecule has 0 aliphatic rings. The van der Waals surface area contributed by atoms with E-state index in [-0.39, 0.29) is 10.6 Å². The molecule has 2 amide bonds. The number of nitrogen functional groups attached to an aromatic ring is 1. The first kappa shape index (κ1) is 15.8. The zero-order valence-electron chi connectivity index (χ0n) is 10.4. The Morgan fingerprint density at radius 1 is 1.42 bits per heavy atom. The van der Waals surface area contributed by atoms with E-state index in [2.05, 4.69) is 21.2 Å². The molecule has 1 aromatic carbocycles. The van der Waals surface area contributed by atoms with Crippen molar-refractivity contribution in [1.29, 1.82) is 0 Å². The number of urea groups is 1. The van der Waals surface area contributed by atoms with Crippen LogP contribution in [0.25, 0.3) is 0 Å². The summed E-state index contributed by atoms with van der Waals surface area (Å²) in [5, 5.41) is 2.46. The molecule has 0 saturated heterocycles. The third-order valence-electron chi connectivity index (χ3n) is 2.31. The minimum atomic E-state index is -3.97. The Hall–Kier alpha value is -1.28. The molecule has 19 heavy (non-hydrogen) atoms. The maximum atomic E-state index is 12.0. The third-order valence-corrected chi connectivity index (χ3v) is 4.19. The minimum absolute atomic E-state index is 0.0806. The van der Waals surface area contributed by atoms with E-state index in [1.807, 2.05) is 11.6 Å². The number of benzene rings is 1. The van der Waals surface area contributed by atoms with Crippen LogP contribution < -0.4 is 15.8 Å². The molecular formula is C11H16BrN3O3S. The average molecular weight is 350 g/mol. The molecule has 0 spiro atoms. The van der Waals surface area contributed by atoms with Crippen molar-refractivity contribution < 1.29 is 13.2 Å². The van der Waals surface area contributed by atoms with Crippen LogP contribution in [0.3, 0.4) is 0 Å². The standard InChI is InChI=1S/C11H16BrN3O3S/c1-2-3-6-14-11(16)15-19(17,18)10-7-8(12)4-5-9(10)13/h4-5,7H,2-3,6,13H2,1H3,(H2,14,15,16). The van der Waals surface area contributed by atoms with Gasteiger partial charge in [-0.2, -0.15) is 0 Å². The zero-order valence-corrected chi connectivity index (χ0v) is 12.8. The first-order chi connectivity index (χ1) is 8.86. The van der Waals surface area contributed by atoms with Crippen molar-refractivity contribution in [3.8, 4) is 0 Å². The highest BCUT2D eigenvalue weighted by molar-refractivity contribution is 9.10. The number of hydrogen-bond donors (Lipinski definition) is 3. The van der Waals surface area contributed by atoms with Crippen molar-refractivity contribution >= 4 is 37.7 Å². The molecule has 0 fully saturated rings. The highest BCUT2D eigenvalue weighted by atomic mass is 79.9. The molecule has 0 saturated carbocycles. The summed E-state index contributed by atoms with van der Waals surface area (Å²) in [7, 11) is -3.97. The second kappa shape index (κ2) is 6.76. The van der Waals surface area contributed by atoms with E-state index in [0.29, 0.717) is 11.0 Å². The fraction of sp³-hybridized carbons (Fsp3) is 0.364. The topological polar surface area (TPSA) is 101 Å². The van der Waals surface area contributed by atoms with Crippen molar-refractivity contribution in [2.75, 3.05) is 12.3 Å². The van der Waals surface area contributed by atoms with Crippen LogP contribution in [0.2, 0.25) is 0 Å². The van der Waals surface area contributed by atoms with E-state index in [0.717, 1.165) is 12.8 Å². The van der Waals surface area contributed by atoms with Crippen molar-refractivity contribution in [1.82, 2.24) is 10.0 Å². The number of rotatable bonds is 5. The highest BCUT2D eigenvalue weighted by Crippen LogP contribution is 2.22. The largest absolute Gasteiger partial charge is 0.398 e. The van der Waals surface area contributed by atoms with Gasteiger partial charge in [-0.25, -0.2) is 17.9 Å². The van der Waals surface area contributed by atoms with Crippen LogP contribution in [0.1, 0.15) is 19.8 Å². The van der Waals surface area contributed by atoms with E-state index >= 15 is 0 Å². The molecule has 0 aliphatic carbocycles. The van der Waals surface area contributed by atoms with Crippen LogP contribution in [0.15, 0.2) is 27.6 Å². The molecule has 0 aromatic heterocycles. The van der Waals surface area contributed by atoms with Crippen molar-refractivity contribution in [3.63, 3.8) is 0 Å². The molecule has 0 radical (unpaired) electrons. The number of carbonyl (C=O) groups is 1. The Kier molecular flexibility index (Phi) is 5.61. The summed E-state index contributed by atoms with van der Waals surface area (Å²) < 4.78 is 26.4. The molecule has 4 N–H and O–H groups in total. The minimum Gasteiger partial charge on any atom is -0.398 e. The smallest absolute Gasteiger partial charge is 0.328 e. The first-order valence-electron chi connectivity index (χ1n) is 5.72. The van der Waals surface area contributed by atoms with Gasteiger partial charge in [-0.15, -0.1) is 0 Å². The number of nitrogens with one attached hydrogen (secondary N) is 2. The number of sulfonamides is 1. The molecule has 1 rings (SSSR count). The van der Waals surface area contributed by atoms with E-state index in [4.69, 9.17) is 5.73 Å². The van der Waals surface area contributed by atoms with Gasteiger partial charge in [0.1, 0.15) is 4.90 Å². The Bertz CT molecular complexity index is 560. The Morgan fingerprint density at radius 3 is 2.74 bits per heavy atom. The van der Waals surface area contributed by atoms with Crippen LogP contribution in [0, 0.1) is 0 Å². The Morgan fingerprint density at radius 2 is 2.11 bits per heavy atom. The van der Waals surface area contributed by atoms with E-state index in [1.54, 1.807) is 6.07 Å². The Labute approximate surface area is 120 Å². The highest BCUT2D eigenvalue weighted by Gasteiger charge is 2.20. The predicted molar refractivity (Wildman–Crippen MR) is 77.2 cm³/mol. The first-order valence-corrected chi connectivity index (χ1v) is 8.00. The van der Waals surface area contributed by atoms with Gasteiger partial charge in [0.05, 0.1) is 5.69 Å². The summed E-state index contributed by atoms with van der Waals surface area (Å²) in [6.45, 7) is 2.39. The molecular weight excluding hydrogens is 334 g/mol. The summed E-state index contributed by atoms with van der Waals surface area (Å²) in [5.74, 6) is 0. The van der Waals surface area contributed by atoms with Gasteiger partial charge in [-0.1, -0.05) is 29.3 Å². The number of amides is 2. The predicted octanol–water partition coefficient (Wildman–Crippen LogP) is 1.82. The maximum absolute atomic E-state index is 12.0. The number of unbranched alkanes of at least 4 members (excludes halogenated alkanes) is 1. The number of anilines is 1. The van der Waals surface area contributed by atoms with Gasteiger partial charge >= 0.3 is 6.03 Å². The number of hydrogen-bond acceptors (Lipinski definition) is 4. The lowest BCUT2D eigenvalue weighted by molar-refractivity contribution is 0.245. The number of nitrogens with two attached hydrogens (primary N) is 1. The zero-order chi connectivity index (χ0) is 14.5. The summed E-state index contributed by atoms with van der Waals surface area (Å²) in [4.78, 5) is 11.3. The Balaban J connectivity index is 2.81. The lowest BCUT2D eigenvalue weighted by Crippen LogP contribution is -2.39. The molecule has 1 aromatic rings. The molecule has 106 valence electrons. The number of carbonyl (C=O) groups excluding carboxylic acids is 1. The summed E-state index contributed by atoms with van der Waals surface area (Å²) in [6, 6.07) is 3.66. The fourth-order valence-corrected chi connectivity index (χ4v) is 2.93. The molecule has 8 heteroatoms. The summed E-state index contributed by atoms with van der Waals surface area (Å²) >= 11 is 3.16. The SMILES string of the molecule is CCCCNC(=O)NS(=O)(=O)c1cc(Br)ccc1N. The van der Waals surface area contributed by atoms with Crippen LogP contribution >= 0.6 is 15.9 Å². The van der Waals surface area contributed by atoms with Crippen molar-refractivity contribution in [2.45, 2.75) is 24.7 Å². The quantitative estimate of drug-likeness (QED) is 0.557. The molecule has 0 bridgehead atoms. The van der Waals surface area contributed by atoms with Gasteiger partial charge in [0, 0.05) is 11.0 Å². The molecule has 0 unspecified atom stereocenters. The van der Waals surface area contributed by atoms with Crippen LogP contribution in [-0.4, -0.2) is 21.0 Å². The van der Waals surface area contributed by atoms with E-state index < -0.39 is 16.1 Å². The van der Waals surface area contributed by atoms with Gasteiger partial charge in [-0.05, 0) is 24.6 Å². The normalized spacial score (nSPS) is 11.1. The van der Waals surface area contributed by atoms with Gasteiger partial charge in [-0.3, -0.25) is 0 Å². The summed E-state index contributed by atoms with van der Waals surface area (Å²) in [6.07, 6.45) is 1.69. The lowest BCUT2D eigenvalue weighted by Gasteiger charge is -2.10. The van der Waals surface area contributed by atoms with Gasteiger partial charge in [0.15, 0.2) is 0 Å². The van der Waals surface area contributed by atoms with Gasteiger partial charge in [0.25, 0.3) is 10.0 Å². The fourth-order valence-electron chi connectivity index (χ4n) is 1.33. The third kappa shape index (κ3) is 4.71. The second-order valence-corrected chi connectivity index (χ2v) is 6.46. The van der Waals surface area contributed by atoms with Crippen LogP contribution in [0.4, 0.5) is 10.5 Å². The van der Waals surface area contributed by atoms with E-state index in [1.165, 1.54) is 12.1 Å². The van der Waals surface area contributed by atoms with Gasteiger partial charge < -0.3 is 11.1 Å². The van der Waals surface area contributed by atoms with E-state index in [9.17, 15) is 13.2 Å². The van der Waals surface area contributed by atoms with Crippen LogP contribution in [0.5, 0.6) is 0 Å². The summed E-state index contributed by atoms with van der Waals surface area (Å²) in [5.41, 5.74) is 5.68. The second-order valence-electron chi connectivity index (χ2n) is 3.90.